The van der Waals surface area contributed by atoms with Crippen molar-refractivity contribution in [2.45, 2.75) is 25.8 Å². The predicted molar refractivity (Wildman–Crippen MR) is 83.5 cm³/mol. The predicted octanol–water partition coefficient (Wildman–Crippen LogP) is 2.28. The Bertz CT molecular complexity index is 650. The lowest BCUT2D eigenvalue weighted by atomic mass is 10.0. The van der Waals surface area contributed by atoms with Crippen molar-refractivity contribution in [1.29, 1.82) is 0 Å². The van der Waals surface area contributed by atoms with E-state index in [2.05, 4.69) is 5.32 Å². The fourth-order valence-electron chi connectivity index (χ4n) is 2.23. The molecule has 0 bridgehead atoms. The number of rotatable bonds is 5. The van der Waals surface area contributed by atoms with Crippen LogP contribution in [0.1, 0.15) is 19.4 Å². The number of hydrogen-bond acceptors (Lipinski definition) is 3. The molecular weight excluding hydrogens is 266 g/mol. The van der Waals surface area contributed by atoms with Crippen LogP contribution in [0.3, 0.4) is 0 Å². The summed E-state index contributed by atoms with van der Waals surface area (Å²) in [7, 11) is 1.63. The summed E-state index contributed by atoms with van der Waals surface area (Å²) in [4.78, 5) is 12.1. The van der Waals surface area contributed by atoms with Crippen LogP contribution in [0.15, 0.2) is 36.4 Å². The molecule has 2 N–H and O–H groups in total. The van der Waals surface area contributed by atoms with Gasteiger partial charge in [-0.2, -0.15) is 0 Å². The first kappa shape index (κ1) is 15.3. The molecule has 2 rings (SSSR count). The normalized spacial score (nSPS) is 11.4. The highest BCUT2D eigenvalue weighted by molar-refractivity contribution is 5.91. The zero-order valence-corrected chi connectivity index (χ0v) is 12.6. The van der Waals surface area contributed by atoms with Gasteiger partial charge < -0.3 is 15.2 Å². The van der Waals surface area contributed by atoms with Gasteiger partial charge in [0.15, 0.2) is 0 Å². The van der Waals surface area contributed by atoms with Gasteiger partial charge in [-0.25, -0.2) is 0 Å². The number of nitrogens with one attached hydrogen (secondary N) is 1. The lowest BCUT2D eigenvalue weighted by Gasteiger charge is -2.23. The van der Waals surface area contributed by atoms with Crippen molar-refractivity contribution in [3.63, 3.8) is 0 Å². The van der Waals surface area contributed by atoms with Crippen LogP contribution in [0, 0.1) is 0 Å². The Morgan fingerprint density at radius 1 is 1.29 bits per heavy atom. The summed E-state index contributed by atoms with van der Waals surface area (Å²) in [6.07, 6.45) is 0.272. The molecule has 0 unspecified atom stereocenters. The molecule has 0 aliphatic rings. The molecule has 0 aliphatic heterocycles. The number of ether oxygens (including phenoxy) is 1. The number of methoxy groups -OCH3 is 1. The number of aliphatic hydroxyl groups is 1. The Hall–Kier alpha value is -2.07. The maximum absolute atomic E-state index is 12.1. The van der Waals surface area contributed by atoms with E-state index in [-0.39, 0.29) is 18.9 Å². The molecule has 0 fully saturated rings. The van der Waals surface area contributed by atoms with Crippen LogP contribution < -0.4 is 10.1 Å². The van der Waals surface area contributed by atoms with E-state index in [1.165, 1.54) is 0 Å². The quantitative estimate of drug-likeness (QED) is 0.887. The molecule has 0 aromatic heterocycles. The Morgan fingerprint density at radius 2 is 2.05 bits per heavy atom. The molecule has 1 amide bonds. The molecule has 2 aromatic carbocycles. The van der Waals surface area contributed by atoms with Crippen LogP contribution in [0.4, 0.5) is 0 Å². The Labute approximate surface area is 124 Å². The van der Waals surface area contributed by atoms with E-state index in [1.54, 1.807) is 21.0 Å². The molecule has 112 valence electrons. The van der Waals surface area contributed by atoms with Gasteiger partial charge in [-0.3, -0.25) is 4.79 Å². The maximum atomic E-state index is 12.1. The summed E-state index contributed by atoms with van der Waals surface area (Å²) in [6, 6.07) is 11.7. The molecule has 0 heterocycles. The van der Waals surface area contributed by atoms with Crippen LogP contribution >= 0.6 is 0 Å². The highest BCUT2D eigenvalue weighted by atomic mass is 16.5. The summed E-state index contributed by atoms with van der Waals surface area (Å²) in [5.74, 6) is 0.662. The van der Waals surface area contributed by atoms with Gasteiger partial charge in [-0.05, 0) is 42.3 Å². The van der Waals surface area contributed by atoms with Gasteiger partial charge in [0.25, 0.3) is 0 Å². The van der Waals surface area contributed by atoms with Crippen molar-refractivity contribution in [2.24, 2.45) is 0 Å². The Balaban J connectivity index is 2.27. The highest BCUT2D eigenvalue weighted by Crippen LogP contribution is 2.24. The monoisotopic (exact) mass is 287 g/mol. The second kappa shape index (κ2) is 6.14. The number of hydrogen-bond donors (Lipinski definition) is 2. The smallest absolute Gasteiger partial charge is 0.224 e. The lowest BCUT2D eigenvalue weighted by Crippen LogP contribution is -2.46. The summed E-state index contributed by atoms with van der Waals surface area (Å²) in [5, 5.41) is 14.1. The minimum atomic E-state index is -0.612. The second-order valence-electron chi connectivity index (χ2n) is 5.77. The van der Waals surface area contributed by atoms with Crippen LogP contribution in [0.2, 0.25) is 0 Å². The van der Waals surface area contributed by atoms with Crippen molar-refractivity contribution in [2.75, 3.05) is 13.7 Å². The number of carbonyl (C=O) groups is 1. The Kier molecular flexibility index (Phi) is 4.48. The molecular formula is C17H21NO3. The molecule has 0 spiro atoms. The number of benzene rings is 2. The minimum Gasteiger partial charge on any atom is -0.497 e. The van der Waals surface area contributed by atoms with Crippen LogP contribution in [-0.4, -0.2) is 30.3 Å². The molecule has 0 radical (unpaired) electrons. The fraction of sp³-hybridized carbons (Fsp3) is 0.353. The standard InChI is InChI=1S/C17H21NO3/c1-17(2,11-19)18-16(20)9-13-6-4-5-12-7-8-14(21-3)10-15(12)13/h4-8,10,19H,9,11H2,1-3H3,(H,18,20). The highest BCUT2D eigenvalue weighted by Gasteiger charge is 2.19. The van der Waals surface area contributed by atoms with Crippen molar-refractivity contribution in [3.8, 4) is 5.75 Å². The second-order valence-corrected chi connectivity index (χ2v) is 5.77. The molecule has 0 saturated heterocycles. The van der Waals surface area contributed by atoms with E-state index in [1.807, 2.05) is 36.4 Å². The van der Waals surface area contributed by atoms with Gasteiger partial charge >= 0.3 is 0 Å². The van der Waals surface area contributed by atoms with E-state index in [0.717, 1.165) is 22.1 Å². The first-order chi connectivity index (χ1) is 9.95. The van der Waals surface area contributed by atoms with Crippen LogP contribution in [-0.2, 0) is 11.2 Å². The van der Waals surface area contributed by atoms with Gasteiger partial charge in [-0.15, -0.1) is 0 Å². The van der Waals surface area contributed by atoms with Crippen LogP contribution in [0.5, 0.6) is 5.75 Å². The number of amides is 1. The first-order valence-corrected chi connectivity index (χ1v) is 6.93. The van der Waals surface area contributed by atoms with Crippen molar-refractivity contribution in [3.05, 3.63) is 42.0 Å². The molecule has 0 saturated carbocycles. The van der Waals surface area contributed by atoms with Crippen molar-refractivity contribution < 1.29 is 14.6 Å². The molecule has 4 nitrogen and oxygen atoms in total. The number of aliphatic hydroxyl groups excluding tert-OH is 1. The van der Waals surface area contributed by atoms with E-state index in [0.29, 0.717) is 0 Å². The third-order valence-electron chi connectivity index (χ3n) is 3.40. The minimum absolute atomic E-state index is 0.0951. The molecule has 0 aliphatic carbocycles. The topological polar surface area (TPSA) is 58.6 Å². The zero-order chi connectivity index (χ0) is 15.5. The summed E-state index contributed by atoms with van der Waals surface area (Å²) in [6.45, 7) is 3.48. The largest absolute Gasteiger partial charge is 0.497 e. The third-order valence-corrected chi connectivity index (χ3v) is 3.40. The van der Waals surface area contributed by atoms with Gasteiger partial charge in [0.1, 0.15) is 5.75 Å². The fourth-order valence-corrected chi connectivity index (χ4v) is 2.23. The first-order valence-electron chi connectivity index (χ1n) is 6.93. The van der Waals surface area contributed by atoms with Gasteiger partial charge in [0.2, 0.25) is 5.91 Å². The van der Waals surface area contributed by atoms with Crippen molar-refractivity contribution >= 4 is 16.7 Å². The lowest BCUT2D eigenvalue weighted by molar-refractivity contribution is -0.122. The average Bonchev–Trinajstić information content (AvgIpc) is 2.46. The van der Waals surface area contributed by atoms with Gasteiger partial charge in [0.05, 0.1) is 25.7 Å². The number of carbonyl (C=O) groups excluding carboxylic acids is 1. The third kappa shape index (κ3) is 3.73. The average molecular weight is 287 g/mol. The molecule has 0 atom stereocenters. The number of fused-ring (bicyclic) bond motifs is 1. The summed E-state index contributed by atoms with van der Waals surface area (Å²) >= 11 is 0. The molecule has 4 heteroatoms. The van der Waals surface area contributed by atoms with E-state index in [4.69, 9.17) is 4.74 Å². The van der Waals surface area contributed by atoms with Crippen LogP contribution in [0.25, 0.3) is 10.8 Å². The Morgan fingerprint density at radius 3 is 2.71 bits per heavy atom. The van der Waals surface area contributed by atoms with E-state index in [9.17, 15) is 9.90 Å². The summed E-state index contributed by atoms with van der Waals surface area (Å²) < 4.78 is 5.25. The van der Waals surface area contributed by atoms with Gasteiger partial charge in [0, 0.05) is 0 Å². The zero-order valence-electron chi connectivity index (χ0n) is 12.6. The molecule has 21 heavy (non-hydrogen) atoms. The van der Waals surface area contributed by atoms with Crippen molar-refractivity contribution in [1.82, 2.24) is 5.32 Å². The SMILES string of the molecule is COc1ccc2cccc(CC(=O)NC(C)(C)CO)c2c1. The van der Waals surface area contributed by atoms with Gasteiger partial charge in [-0.1, -0.05) is 24.3 Å². The van der Waals surface area contributed by atoms with E-state index >= 15 is 0 Å². The maximum Gasteiger partial charge on any atom is 0.224 e. The summed E-state index contributed by atoms with van der Waals surface area (Å²) in [5.41, 5.74) is 0.331. The molecule has 2 aromatic rings. The van der Waals surface area contributed by atoms with E-state index < -0.39 is 5.54 Å².